The summed E-state index contributed by atoms with van der Waals surface area (Å²) >= 11 is 0. The van der Waals surface area contributed by atoms with E-state index >= 15 is 0 Å². The Morgan fingerprint density at radius 3 is 2.48 bits per heavy atom. The van der Waals surface area contributed by atoms with Gasteiger partial charge in [0.25, 0.3) is 0 Å². The lowest BCUT2D eigenvalue weighted by Gasteiger charge is -2.18. The smallest absolute Gasteiger partial charge is 0.227 e. The van der Waals surface area contributed by atoms with Crippen LogP contribution in [0.2, 0.25) is 0 Å². The van der Waals surface area contributed by atoms with Gasteiger partial charge in [-0.2, -0.15) is 0 Å². The van der Waals surface area contributed by atoms with E-state index in [-0.39, 0.29) is 5.91 Å². The highest BCUT2D eigenvalue weighted by atomic mass is 16.3. The van der Waals surface area contributed by atoms with E-state index in [1.807, 2.05) is 18.7 Å². The Morgan fingerprint density at radius 2 is 1.90 bits per heavy atom. The van der Waals surface area contributed by atoms with Crippen molar-refractivity contribution in [1.82, 2.24) is 4.90 Å². The number of carbonyl (C=O) groups is 1. The number of likely N-dealkylation sites (N-methyl/N-ethyl adjacent to an activating group) is 1. The molecule has 0 radical (unpaired) electrons. The van der Waals surface area contributed by atoms with Crippen LogP contribution in [0.25, 0.3) is 11.0 Å². The van der Waals surface area contributed by atoms with Gasteiger partial charge in [-0.15, -0.1) is 0 Å². The van der Waals surface area contributed by atoms with Gasteiger partial charge in [0.2, 0.25) is 5.91 Å². The number of hydrogen-bond acceptors (Lipinski definition) is 2. The number of fused-ring (bicyclic) bond motifs is 1. The van der Waals surface area contributed by atoms with Crippen molar-refractivity contribution in [2.75, 3.05) is 13.1 Å². The molecule has 0 aliphatic heterocycles. The second-order valence-electron chi connectivity index (χ2n) is 5.86. The van der Waals surface area contributed by atoms with E-state index in [0.717, 1.165) is 29.6 Å². The maximum Gasteiger partial charge on any atom is 0.227 e. The molecule has 0 spiro atoms. The van der Waals surface area contributed by atoms with Crippen molar-refractivity contribution in [1.29, 1.82) is 0 Å². The molecule has 1 amide bonds. The predicted octanol–water partition coefficient (Wildman–Crippen LogP) is 4.28. The molecule has 0 atom stereocenters. The molecule has 0 unspecified atom stereocenters. The fraction of sp³-hybridized carbons (Fsp3) is 0.500. The van der Waals surface area contributed by atoms with Crippen LogP contribution in [-0.4, -0.2) is 23.9 Å². The van der Waals surface area contributed by atoms with Crippen molar-refractivity contribution in [3.05, 3.63) is 35.1 Å². The summed E-state index contributed by atoms with van der Waals surface area (Å²) in [5.74, 6) is 0.630. The summed E-state index contributed by atoms with van der Waals surface area (Å²) in [6.45, 7) is 12.0. The maximum absolute atomic E-state index is 12.3. The first-order valence-corrected chi connectivity index (χ1v) is 7.76. The van der Waals surface area contributed by atoms with Crippen LogP contribution in [0.4, 0.5) is 0 Å². The monoisotopic (exact) mass is 287 g/mol. The largest absolute Gasteiger partial charge is 0.464 e. The molecule has 21 heavy (non-hydrogen) atoms. The van der Waals surface area contributed by atoms with Gasteiger partial charge in [0.15, 0.2) is 0 Å². The Bertz CT molecular complexity index is 636. The van der Waals surface area contributed by atoms with E-state index < -0.39 is 0 Å². The number of aryl methyl sites for hydroxylation is 1. The van der Waals surface area contributed by atoms with Gasteiger partial charge < -0.3 is 9.32 Å². The van der Waals surface area contributed by atoms with Crippen molar-refractivity contribution in [2.45, 2.75) is 47.0 Å². The van der Waals surface area contributed by atoms with E-state index in [0.29, 0.717) is 12.3 Å². The first-order valence-electron chi connectivity index (χ1n) is 7.76. The van der Waals surface area contributed by atoms with Crippen molar-refractivity contribution >= 4 is 16.9 Å². The molecule has 2 rings (SSSR count). The summed E-state index contributed by atoms with van der Waals surface area (Å²) in [6.07, 6.45) is 2.14. The lowest BCUT2D eigenvalue weighted by Crippen LogP contribution is -2.31. The summed E-state index contributed by atoms with van der Waals surface area (Å²) in [5, 5.41) is 1.07. The van der Waals surface area contributed by atoms with Gasteiger partial charge in [-0.1, -0.05) is 13.8 Å². The molecule has 0 aliphatic rings. The number of benzene rings is 1. The first-order chi connectivity index (χ1) is 9.97. The van der Waals surface area contributed by atoms with Gasteiger partial charge in [0, 0.05) is 24.0 Å². The number of amides is 1. The van der Waals surface area contributed by atoms with Crippen LogP contribution in [0.1, 0.15) is 50.3 Å². The van der Waals surface area contributed by atoms with Crippen LogP contribution in [0, 0.1) is 6.92 Å². The minimum absolute atomic E-state index is 0.161. The van der Waals surface area contributed by atoms with Crippen molar-refractivity contribution < 1.29 is 9.21 Å². The van der Waals surface area contributed by atoms with E-state index in [2.05, 4.69) is 32.9 Å². The van der Waals surface area contributed by atoms with Crippen LogP contribution in [0.15, 0.2) is 22.8 Å². The number of nitrogens with zero attached hydrogens (tertiary/aromatic N) is 1. The number of furan rings is 1. The van der Waals surface area contributed by atoms with Crippen molar-refractivity contribution in [3.8, 4) is 0 Å². The lowest BCUT2D eigenvalue weighted by atomic mass is 9.95. The number of carbonyl (C=O) groups excluding carboxylic acids is 1. The summed E-state index contributed by atoms with van der Waals surface area (Å²) < 4.78 is 5.64. The van der Waals surface area contributed by atoms with E-state index in [1.165, 1.54) is 11.1 Å². The fourth-order valence-electron chi connectivity index (χ4n) is 2.85. The molecule has 3 nitrogen and oxygen atoms in total. The second-order valence-corrected chi connectivity index (χ2v) is 5.86. The van der Waals surface area contributed by atoms with Gasteiger partial charge >= 0.3 is 0 Å². The molecule has 1 aromatic heterocycles. The van der Waals surface area contributed by atoms with Gasteiger partial charge in [-0.3, -0.25) is 4.79 Å². The lowest BCUT2D eigenvalue weighted by molar-refractivity contribution is -0.130. The van der Waals surface area contributed by atoms with Gasteiger partial charge in [0.05, 0.1) is 12.7 Å². The average molecular weight is 287 g/mol. The van der Waals surface area contributed by atoms with Crippen LogP contribution >= 0.6 is 0 Å². The molecule has 0 bridgehead atoms. The highest BCUT2D eigenvalue weighted by molar-refractivity contribution is 5.88. The molecule has 3 heteroatoms. The quantitative estimate of drug-likeness (QED) is 0.822. The summed E-state index contributed by atoms with van der Waals surface area (Å²) in [6, 6.07) is 4.26. The normalized spacial score (nSPS) is 11.3. The Hall–Kier alpha value is -1.77. The third-order valence-electron chi connectivity index (χ3n) is 4.12. The summed E-state index contributed by atoms with van der Waals surface area (Å²) in [5.41, 5.74) is 4.43. The molecule has 0 aliphatic carbocycles. The Morgan fingerprint density at radius 1 is 1.24 bits per heavy atom. The first kappa shape index (κ1) is 15.6. The molecule has 0 saturated heterocycles. The molecule has 114 valence electrons. The van der Waals surface area contributed by atoms with E-state index in [4.69, 9.17) is 4.42 Å². The minimum atomic E-state index is 0.161. The second kappa shape index (κ2) is 6.33. The van der Waals surface area contributed by atoms with E-state index in [9.17, 15) is 4.79 Å². The predicted molar refractivity (Wildman–Crippen MR) is 86.7 cm³/mol. The zero-order chi connectivity index (χ0) is 15.6. The van der Waals surface area contributed by atoms with Crippen molar-refractivity contribution in [3.63, 3.8) is 0 Å². The van der Waals surface area contributed by atoms with Gasteiger partial charge in [-0.25, -0.2) is 0 Å². The van der Waals surface area contributed by atoms with Crippen LogP contribution in [-0.2, 0) is 11.2 Å². The van der Waals surface area contributed by atoms with E-state index in [1.54, 1.807) is 6.26 Å². The average Bonchev–Trinajstić information content (AvgIpc) is 2.81. The maximum atomic E-state index is 12.3. The van der Waals surface area contributed by atoms with Gasteiger partial charge in [-0.05, 0) is 49.9 Å². The fourth-order valence-corrected chi connectivity index (χ4v) is 2.85. The summed E-state index contributed by atoms with van der Waals surface area (Å²) in [7, 11) is 0. The Kier molecular flexibility index (Phi) is 4.71. The van der Waals surface area contributed by atoms with Crippen LogP contribution in [0.3, 0.4) is 0 Å². The Balaban J connectivity index is 2.37. The topological polar surface area (TPSA) is 33.5 Å². The molecule has 0 fully saturated rings. The SMILES string of the molecule is CCN(CC)C(=O)Cc1coc2cc(C)c(C(C)C)cc12. The third kappa shape index (κ3) is 3.12. The molecule has 0 saturated carbocycles. The third-order valence-corrected chi connectivity index (χ3v) is 4.12. The van der Waals surface area contributed by atoms with Crippen LogP contribution < -0.4 is 0 Å². The van der Waals surface area contributed by atoms with Crippen LogP contribution in [0.5, 0.6) is 0 Å². The molecular weight excluding hydrogens is 262 g/mol. The highest BCUT2D eigenvalue weighted by Gasteiger charge is 2.16. The summed E-state index contributed by atoms with van der Waals surface area (Å²) in [4.78, 5) is 14.1. The standard InChI is InChI=1S/C18H25NO2/c1-6-19(7-2)18(20)9-14-11-21-17-8-13(5)15(12(3)4)10-16(14)17/h8,10-12H,6-7,9H2,1-5H3. The number of rotatable bonds is 5. The molecule has 1 heterocycles. The minimum Gasteiger partial charge on any atom is -0.464 e. The molecular formula is C18H25NO2. The molecule has 1 aromatic carbocycles. The van der Waals surface area contributed by atoms with Gasteiger partial charge in [0.1, 0.15) is 5.58 Å². The molecule has 2 aromatic rings. The number of hydrogen-bond donors (Lipinski definition) is 0. The van der Waals surface area contributed by atoms with Crippen molar-refractivity contribution in [2.24, 2.45) is 0 Å². The zero-order valence-electron chi connectivity index (χ0n) is 13.7. The Labute approximate surface area is 126 Å². The molecule has 0 N–H and O–H groups in total. The highest BCUT2D eigenvalue weighted by Crippen LogP contribution is 2.29. The zero-order valence-corrected chi connectivity index (χ0v) is 13.7.